The molecule has 2 N–H and O–H groups in total. The topological polar surface area (TPSA) is 53.1 Å². The van der Waals surface area contributed by atoms with Crippen molar-refractivity contribution in [2.75, 3.05) is 7.11 Å². The van der Waals surface area contributed by atoms with Gasteiger partial charge in [0.05, 0.1) is 18.3 Å². The molecule has 16 heavy (non-hydrogen) atoms. The predicted molar refractivity (Wildman–Crippen MR) is 64.2 cm³/mol. The fourth-order valence-corrected chi connectivity index (χ4v) is 1.77. The standard InChI is InChI=1S/C12H16N3O/c1-4-12(13)15-11-7-9(16-3)5-6-10(11)8(2)14-15/h4-7,12H,13H2,1-3H3. The van der Waals surface area contributed by atoms with E-state index in [0.717, 1.165) is 22.3 Å². The maximum Gasteiger partial charge on any atom is 0.121 e. The Morgan fingerprint density at radius 1 is 1.50 bits per heavy atom. The Morgan fingerprint density at radius 2 is 2.25 bits per heavy atom. The summed E-state index contributed by atoms with van der Waals surface area (Å²) < 4.78 is 7.02. The Bertz CT molecular complexity index is 504. The van der Waals surface area contributed by atoms with Crippen LogP contribution in [0, 0.1) is 13.3 Å². The van der Waals surface area contributed by atoms with Crippen molar-refractivity contribution in [2.24, 2.45) is 5.73 Å². The number of methoxy groups -OCH3 is 1. The second-order valence-electron chi connectivity index (χ2n) is 3.74. The van der Waals surface area contributed by atoms with Gasteiger partial charge in [-0.15, -0.1) is 0 Å². The Morgan fingerprint density at radius 3 is 2.88 bits per heavy atom. The van der Waals surface area contributed by atoms with Crippen LogP contribution in [0.3, 0.4) is 0 Å². The number of ether oxygens (including phenoxy) is 1. The number of rotatable bonds is 3. The quantitative estimate of drug-likeness (QED) is 0.857. The van der Waals surface area contributed by atoms with E-state index in [-0.39, 0.29) is 6.17 Å². The molecule has 0 bridgehead atoms. The van der Waals surface area contributed by atoms with Gasteiger partial charge in [-0.05, 0) is 25.5 Å². The molecule has 0 amide bonds. The van der Waals surface area contributed by atoms with Gasteiger partial charge in [0.25, 0.3) is 0 Å². The maximum absolute atomic E-state index is 5.97. The summed E-state index contributed by atoms with van der Waals surface area (Å²) in [7, 11) is 1.65. The lowest BCUT2D eigenvalue weighted by molar-refractivity contribution is 0.415. The van der Waals surface area contributed by atoms with E-state index >= 15 is 0 Å². The van der Waals surface area contributed by atoms with Crippen molar-refractivity contribution >= 4 is 10.9 Å². The third kappa shape index (κ3) is 1.65. The monoisotopic (exact) mass is 218 g/mol. The maximum atomic E-state index is 5.97. The summed E-state index contributed by atoms with van der Waals surface area (Å²) >= 11 is 0. The van der Waals surface area contributed by atoms with Gasteiger partial charge in [0.1, 0.15) is 11.9 Å². The average molecular weight is 218 g/mol. The van der Waals surface area contributed by atoms with E-state index in [2.05, 4.69) is 5.10 Å². The van der Waals surface area contributed by atoms with Gasteiger partial charge >= 0.3 is 0 Å². The summed E-state index contributed by atoms with van der Waals surface area (Å²) in [5, 5.41) is 5.55. The number of hydrogen-bond donors (Lipinski definition) is 1. The first-order valence-corrected chi connectivity index (χ1v) is 5.25. The van der Waals surface area contributed by atoms with Crippen LogP contribution >= 0.6 is 0 Å². The van der Waals surface area contributed by atoms with E-state index in [4.69, 9.17) is 10.5 Å². The van der Waals surface area contributed by atoms with Crippen LogP contribution in [-0.4, -0.2) is 16.9 Å². The molecule has 1 atom stereocenters. The zero-order valence-corrected chi connectivity index (χ0v) is 9.77. The van der Waals surface area contributed by atoms with Crippen LogP contribution in [0.5, 0.6) is 5.75 Å². The van der Waals surface area contributed by atoms with E-state index in [1.54, 1.807) is 7.11 Å². The average Bonchev–Trinajstić information content (AvgIpc) is 2.65. The normalized spacial score (nSPS) is 13.0. The molecule has 0 aliphatic carbocycles. The second kappa shape index (κ2) is 4.14. The molecule has 85 valence electrons. The first kappa shape index (κ1) is 11.0. The lowest BCUT2D eigenvalue weighted by atomic mass is 10.2. The molecule has 1 aromatic carbocycles. The van der Waals surface area contributed by atoms with Crippen LogP contribution in [0.15, 0.2) is 18.2 Å². The van der Waals surface area contributed by atoms with Crippen molar-refractivity contribution in [3.8, 4) is 5.75 Å². The molecule has 1 unspecified atom stereocenters. The molecule has 0 fully saturated rings. The second-order valence-corrected chi connectivity index (χ2v) is 3.74. The summed E-state index contributed by atoms with van der Waals surface area (Å²) in [5.41, 5.74) is 7.95. The van der Waals surface area contributed by atoms with Gasteiger partial charge in [-0.2, -0.15) is 5.10 Å². The Kier molecular flexibility index (Phi) is 2.83. The molecule has 4 heteroatoms. The molecule has 0 aliphatic heterocycles. The van der Waals surface area contributed by atoms with Crippen LogP contribution in [0.25, 0.3) is 10.9 Å². The zero-order valence-electron chi connectivity index (χ0n) is 9.77. The number of fused-ring (bicyclic) bond motifs is 1. The number of hydrogen-bond acceptors (Lipinski definition) is 3. The molecule has 1 heterocycles. The van der Waals surface area contributed by atoms with Gasteiger partial charge in [0.15, 0.2) is 0 Å². The third-order valence-corrected chi connectivity index (χ3v) is 2.72. The largest absolute Gasteiger partial charge is 0.497 e. The van der Waals surface area contributed by atoms with Gasteiger partial charge in [-0.1, -0.05) is 6.92 Å². The van der Waals surface area contributed by atoms with Gasteiger partial charge in [-0.25, -0.2) is 4.68 Å². The number of benzene rings is 1. The predicted octanol–water partition coefficient (Wildman–Crippen LogP) is 2.03. The summed E-state index contributed by atoms with van der Waals surface area (Å²) in [5.74, 6) is 0.817. The van der Waals surface area contributed by atoms with Crippen molar-refractivity contribution in [1.82, 2.24) is 9.78 Å². The fraction of sp³-hybridized carbons (Fsp3) is 0.333. The van der Waals surface area contributed by atoms with Crippen molar-refractivity contribution in [2.45, 2.75) is 20.0 Å². The highest BCUT2D eigenvalue weighted by molar-refractivity contribution is 5.83. The lowest BCUT2D eigenvalue weighted by Gasteiger charge is -2.10. The van der Waals surface area contributed by atoms with Crippen molar-refractivity contribution < 1.29 is 4.74 Å². The molecule has 4 nitrogen and oxygen atoms in total. The highest BCUT2D eigenvalue weighted by Crippen LogP contribution is 2.25. The van der Waals surface area contributed by atoms with E-state index in [9.17, 15) is 0 Å². The SMILES string of the molecule is C[CH]C(N)n1nc(C)c2ccc(OC)cc21. The highest BCUT2D eigenvalue weighted by Gasteiger charge is 2.12. The Hall–Kier alpha value is -1.55. The Balaban J connectivity index is 2.65. The minimum absolute atomic E-state index is 0.205. The first-order chi connectivity index (χ1) is 7.67. The van der Waals surface area contributed by atoms with Crippen LogP contribution in [0.4, 0.5) is 0 Å². The summed E-state index contributed by atoms with van der Waals surface area (Å²) in [6, 6.07) is 5.90. The third-order valence-electron chi connectivity index (χ3n) is 2.72. The molecular weight excluding hydrogens is 202 g/mol. The Labute approximate surface area is 95.0 Å². The molecule has 0 spiro atoms. The molecule has 2 aromatic rings. The van der Waals surface area contributed by atoms with Crippen molar-refractivity contribution in [3.63, 3.8) is 0 Å². The zero-order chi connectivity index (χ0) is 11.7. The molecular formula is C12H16N3O. The minimum atomic E-state index is -0.205. The summed E-state index contributed by atoms with van der Waals surface area (Å²) in [4.78, 5) is 0. The van der Waals surface area contributed by atoms with Gasteiger partial charge in [0.2, 0.25) is 0 Å². The van der Waals surface area contributed by atoms with Crippen LogP contribution in [0.2, 0.25) is 0 Å². The minimum Gasteiger partial charge on any atom is -0.497 e. The van der Waals surface area contributed by atoms with Crippen LogP contribution in [-0.2, 0) is 0 Å². The lowest BCUT2D eigenvalue weighted by Crippen LogP contribution is -2.19. The van der Waals surface area contributed by atoms with Crippen molar-refractivity contribution in [3.05, 3.63) is 30.3 Å². The number of aryl methyl sites for hydroxylation is 1. The number of nitrogens with two attached hydrogens (primary N) is 1. The summed E-state index contributed by atoms with van der Waals surface area (Å²) in [6.45, 7) is 3.90. The van der Waals surface area contributed by atoms with Crippen LogP contribution < -0.4 is 10.5 Å². The fourth-order valence-electron chi connectivity index (χ4n) is 1.77. The van der Waals surface area contributed by atoms with Gasteiger partial charge < -0.3 is 10.5 Å². The van der Waals surface area contributed by atoms with Gasteiger partial charge in [-0.3, -0.25) is 0 Å². The molecule has 0 saturated carbocycles. The van der Waals surface area contributed by atoms with Crippen LogP contribution in [0.1, 0.15) is 18.8 Å². The highest BCUT2D eigenvalue weighted by atomic mass is 16.5. The number of nitrogens with zero attached hydrogens (tertiary/aromatic N) is 2. The first-order valence-electron chi connectivity index (χ1n) is 5.25. The van der Waals surface area contributed by atoms with E-state index in [1.165, 1.54) is 0 Å². The smallest absolute Gasteiger partial charge is 0.121 e. The molecule has 0 saturated heterocycles. The molecule has 0 aliphatic rings. The van der Waals surface area contributed by atoms with Crippen molar-refractivity contribution in [1.29, 1.82) is 0 Å². The molecule has 1 radical (unpaired) electrons. The molecule has 1 aromatic heterocycles. The molecule has 2 rings (SSSR count). The van der Waals surface area contributed by atoms with E-state index < -0.39 is 0 Å². The van der Waals surface area contributed by atoms with E-state index in [1.807, 2.05) is 43.1 Å². The number of aromatic nitrogens is 2. The summed E-state index contributed by atoms with van der Waals surface area (Å²) in [6.07, 6.45) is 1.70. The van der Waals surface area contributed by atoms with Gasteiger partial charge in [0, 0.05) is 11.5 Å². The van der Waals surface area contributed by atoms with E-state index in [0.29, 0.717) is 0 Å².